The summed E-state index contributed by atoms with van der Waals surface area (Å²) < 4.78 is 12.3. The van der Waals surface area contributed by atoms with Gasteiger partial charge in [-0.3, -0.25) is 10.0 Å². The zero-order valence-electron chi connectivity index (χ0n) is 5.57. The first-order valence-corrected chi connectivity index (χ1v) is 2.93. The van der Waals surface area contributed by atoms with Gasteiger partial charge in [0.25, 0.3) is 0 Å². The fraction of sp³-hybridized carbons (Fsp3) is 0. The predicted molar refractivity (Wildman–Crippen MR) is 36.7 cm³/mol. The molecule has 4 heteroatoms. The summed E-state index contributed by atoms with van der Waals surface area (Å²) >= 11 is 0. The summed E-state index contributed by atoms with van der Waals surface area (Å²) in [6.45, 7) is 0. The number of hydroxylamine groups is 1. The first-order valence-electron chi connectivity index (χ1n) is 2.93. The molecule has 0 unspecified atom stereocenters. The van der Waals surface area contributed by atoms with Crippen molar-refractivity contribution in [1.29, 1.82) is 0 Å². The Labute approximate surface area is 62.6 Å². The average molecular weight is 155 g/mol. The third-order valence-corrected chi connectivity index (χ3v) is 1.19. The van der Waals surface area contributed by atoms with Gasteiger partial charge < -0.3 is 0 Å². The molecule has 3 nitrogen and oxygen atoms in total. The highest BCUT2D eigenvalue weighted by Gasteiger charge is 1.98. The lowest BCUT2D eigenvalue weighted by atomic mass is 10.3. The Morgan fingerprint density at radius 2 is 1.91 bits per heavy atom. The number of carbonyl (C=O) groups excluding carboxylic acids is 1. The summed E-state index contributed by atoms with van der Waals surface area (Å²) in [6, 6.07) is 4.90. The fourth-order valence-electron chi connectivity index (χ4n) is 0.655. The van der Waals surface area contributed by atoms with Gasteiger partial charge in [-0.2, -0.15) is 5.06 Å². The number of hydrogen-bond acceptors (Lipinski definition) is 2. The molecule has 0 aromatic heterocycles. The maximum absolute atomic E-state index is 12.3. The van der Waals surface area contributed by atoms with Crippen LogP contribution >= 0.6 is 0 Å². The minimum Gasteiger partial charge on any atom is -0.281 e. The number of halogens is 1. The highest BCUT2D eigenvalue weighted by atomic mass is 19.1. The van der Waals surface area contributed by atoms with E-state index in [2.05, 4.69) is 0 Å². The van der Waals surface area contributed by atoms with Gasteiger partial charge in [-0.25, -0.2) is 4.39 Å². The number of hydrogen-bond donors (Lipinski definition) is 1. The quantitative estimate of drug-likeness (QED) is 0.395. The maximum Gasteiger partial charge on any atom is 0.237 e. The second-order valence-corrected chi connectivity index (χ2v) is 1.93. The molecule has 0 radical (unpaired) electrons. The van der Waals surface area contributed by atoms with E-state index in [1.165, 1.54) is 12.1 Å². The molecular weight excluding hydrogens is 149 g/mol. The average Bonchev–Trinajstić information content (AvgIpc) is 2.05. The van der Waals surface area contributed by atoms with E-state index in [4.69, 9.17) is 5.21 Å². The zero-order valence-corrected chi connectivity index (χ0v) is 5.57. The van der Waals surface area contributed by atoms with Crippen LogP contribution in [0.1, 0.15) is 0 Å². The molecular formula is C7H6FNO2. The first kappa shape index (κ1) is 7.68. The molecule has 58 valence electrons. The van der Waals surface area contributed by atoms with Gasteiger partial charge in [0.1, 0.15) is 5.82 Å². The molecule has 1 rings (SSSR count). The van der Waals surface area contributed by atoms with Crippen molar-refractivity contribution in [2.75, 3.05) is 5.06 Å². The largest absolute Gasteiger partial charge is 0.281 e. The van der Waals surface area contributed by atoms with Crippen molar-refractivity contribution in [3.8, 4) is 0 Å². The van der Waals surface area contributed by atoms with Crippen LogP contribution in [-0.2, 0) is 4.79 Å². The van der Waals surface area contributed by atoms with Crippen molar-refractivity contribution in [2.45, 2.75) is 0 Å². The van der Waals surface area contributed by atoms with Crippen molar-refractivity contribution >= 4 is 12.1 Å². The van der Waals surface area contributed by atoms with Gasteiger partial charge in [-0.05, 0) is 24.3 Å². The summed E-state index contributed by atoms with van der Waals surface area (Å²) in [5.41, 5.74) is 0.237. The molecule has 0 saturated heterocycles. The number of anilines is 1. The number of nitrogens with zero attached hydrogens (tertiary/aromatic N) is 1. The Morgan fingerprint density at radius 3 is 2.36 bits per heavy atom. The van der Waals surface area contributed by atoms with Crippen LogP contribution in [-0.4, -0.2) is 11.6 Å². The van der Waals surface area contributed by atoms with E-state index in [0.29, 0.717) is 5.06 Å². The van der Waals surface area contributed by atoms with Crippen molar-refractivity contribution in [1.82, 2.24) is 0 Å². The molecule has 1 amide bonds. The Balaban J connectivity index is 2.89. The first-order chi connectivity index (χ1) is 5.24. The van der Waals surface area contributed by atoms with Gasteiger partial charge in [0, 0.05) is 0 Å². The second-order valence-electron chi connectivity index (χ2n) is 1.93. The van der Waals surface area contributed by atoms with E-state index in [9.17, 15) is 9.18 Å². The molecule has 1 N–H and O–H groups in total. The molecule has 1 aromatic carbocycles. The normalized spacial score (nSPS) is 9.27. The van der Waals surface area contributed by atoms with Gasteiger partial charge in [0.05, 0.1) is 5.69 Å². The summed E-state index contributed by atoms with van der Waals surface area (Å²) in [5.74, 6) is -0.409. The Morgan fingerprint density at radius 1 is 1.36 bits per heavy atom. The molecule has 0 bridgehead atoms. The molecule has 0 aliphatic carbocycles. The summed E-state index contributed by atoms with van der Waals surface area (Å²) in [4.78, 5) is 9.97. The molecule has 0 aliphatic rings. The van der Waals surface area contributed by atoms with E-state index in [1.54, 1.807) is 0 Å². The van der Waals surface area contributed by atoms with Crippen molar-refractivity contribution in [3.63, 3.8) is 0 Å². The highest BCUT2D eigenvalue weighted by molar-refractivity contribution is 5.71. The molecule has 0 atom stereocenters. The minimum atomic E-state index is -0.409. The van der Waals surface area contributed by atoms with Crippen molar-refractivity contribution in [3.05, 3.63) is 30.1 Å². The second kappa shape index (κ2) is 3.12. The van der Waals surface area contributed by atoms with Crippen LogP contribution in [0.4, 0.5) is 10.1 Å². The van der Waals surface area contributed by atoms with Gasteiger partial charge in [0.15, 0.2) is 0 Å². The lowest BCUT2D eigenvalue weighted by Gasteiger charge is -2.06. The van der Waals surface area contributed by atoms with Crippen molar-refractivity contribution in [2.24, 2.45) is 0 Å². The molecule has 11 heavy (non-hydrogen) atoms. The maximum atomic E-state index is 12.3. The lowest BCUT2D eigenvalue weighted by molar-refractivity contribution is -0.111. The van der Waals surface area contributed by atoms with Crippen LogP contribution in [0.5, 0.6) is 0 Å². The molecule has 0 spiro atoms. The predicted octanol–water partition coefficient (Wildman–Crippen LogP) is 1.18. The topological polar surface area (TPSA) is 40.5 Å². The van der Waals surface area contributed by atoms with Gasteiger partial charge >= 0.3 is 0 Å². The van der Waals surface area contributed by atoms with Gasteiger partial charge in [-0.1, -0.05) is 0 Å². The minimum absolute atomic E-state index is 0.229. The monoisotopic (exact) mass is 155 g/mol. The summed E-state index contributed by atoms with van der Waals surface area (Å²) in [7, 11) is 0. The summed E-state index contributed by atoms with van der Waals surface area (Å²) in [5, 5.41) is 9.14. The third-order valence-electron chi connectivity index (χ3n) is 1.19. The van der Waals surface area contributed by atoms with E-state index in [0.717, 1.165) is 12.1 Å². The molecule has 0 aliphatic heterocycles. The number of carbonyl (C=O) groups is 1. The zero-order chi connectivity index (χ0) is 8.27. The Kier molecular flexibility index (Phi) is 2.18. The van der Waals surface area contributed by atoms with Crippen molar-refractivity contribution < 1.29 is 14.4 Å². The van der Waals surface area contributed by atoms with E-state index < -0.39 is 5.82 Å². The number of benzene rings is 1. The SMILES string of the molecule is O=CN(O)c1ccc(F)cc1. The van der Waals surface area contributed by atoms with Crippen LogP contribution in [0.15, 0.2) is 24.3 Å². The van der Waals surface area contributed by atoms with Gasteiger partial charge in [-0.15, -0.1) is 0 Å². The third kappa shape index (κ3) is 1.75. The van der Waals surface area contributed by atoms with E-state index >= 15 is 0 Å². The van der Waals surface area contributed by atoms with Crippen LogP contribution in [0.25, 0.3) is 0 Å². The van der Waals surface area contributed by atoms with E-state index in [-0.39, 0.29) is 12.1 Å². The Bertz CT molecular complexity index is 247. The fourth-order valence-corrected chi connectivity index (χ4v) is 0.655. The molecule has 0 heterocycles. The van der Waals surface area contributed by atoms with Crippen LogP contribution in [0, 0.1) is 5.82 Å². The van der Waals surface area contributed by atoms with Crippen LogP contribution in [0.2, 0.25) is 0 Å². The lowest BCUT2D eigenvalue weighted by Crippen LogP contribution is -2.14. The number of amides is 1. The molecule has 0 saturated carbocycles. The van der Waals surface area contributed by atoms with Crippen LogP contribution in [0.3, 0.4) is 0 Å². The standard InChI is InChI=1S/C7H6FNO2/c8-6-1-3-7(4-2-6)9(11)5-10/h1-5,11H. The van der Waals surface area contributed by atoms with E-state index in [1.807, 2.05) is 0 Å². The molecule has 1 aromatic rings. The summed E-state index contributed by atoms with van der Waals surface area (Å²) in [6.07, 6.45) is 0.229. The van der Waals surface area contributed by atoms with Gasteiger partial charge in [0.2, 0.25) is 6.41 Å². The molecule has 0 fully saturated rings. The smallest absolute Gasteiger partial charge is 0.237 e. The highest BCUT2D eigenvalue weighted by Crippen LogP contribution is 2.10. The van der Waals surface area contributed by atoms with Crippen LogP contribution < -0.4 is 5.06 Å². The Hall–Kier alpha value is -1.42. The number of rotatable bonds is 2.